The van der Waals surface area contributed by atoms with Gasteiger partial charge in [0, 0.05) is 5.69 Å². The standard InChI is InChI=1S/C20H21NO5/c1-2-25-20(24)14-21(17-11-7-4-8-12-17)18(22)15-26-19(23)13-16-9-5-3-6-10-16/h3-12H,2,13-15H2,1H3. The molecule has 0 aliphatic rings. The number of esters is 2. The molecular formula is C20H21NO5. The molecule has 0 fully saturated rings. The number of para-hydroxylation sites is 1. The highest BCUT2D eigenvalue weighted by Crippen LogP contribution is 2.14. The van der Waals surface area contributed by atoms with Crippen LogP contribution in [0.4, 0.5) is 5.69 Å². The second-order valence-electron chi connectivity index (χ2n) is 5.44. The van der Waals surface area contributed by atoms with Crippen LogP contribution in [0.5, 0.6) is 0 Å². The number of hydrogen-bond donors (Lipinski definition) is 0. The van der Waals surface area contributed by atoms with Gasteiger partial charge in [-0.05, 0) is 24.6 Å². The van der Waals surface area contributed by atoms with Gasteiger partial charge in [0.25, 0.3) is 5.91 Å². The zero-order valence-electron chi connectivity index (χ0n) is 14.6. The first-order chi connectivity index (χ1) is 12.6. The Morgan fingerprint density at radius 3 is 2.08 bits per heavy atom. The fourth-order valence-corrected chi connectivity index (χ4v) is 2.30. The molecule has 2 aromatic carbocycles. The Morgan fingerprint density at radius 2 is 1.46 bits per heavy atom. The van der Waals surface area contributed by atoms with Crippen LogP contribution in [0.3, 0.4) is 0 Å². The van der Waals surface area contributed by atoms with Gasteiger partial charge in [0.05, 0.1) is 13.0 Å². The van der Waals surface area contributed by atoms with E-state index in [1.165, 1.54) is 4.90 Å². The molecule has 0 aromatic heterocycles. The molecule has 0 radical (unpaired) electrons. The first kappa shape index (κ1) is 19.2. The van der Waals surface area contributed by atoms with Gasteiger partial charge in [-0.25, -0.2) is 0 Å². The summed E-state index contributed by atoms with van der Waals surface area (Å²) in [4.78, 5) is 37.4. The highest BCUT2D eigenvalue weighted by atomic mass is 16.5. The second kappa shape index (κ2) is 9.98. The van der Waals surface area contributed by atoms with Crippen LogP contribution >= 0.6 is 0 Å². The first-order valence-corrected chi connectivity index (χ1v) is 8.30. The van der Waals surface area contributed by atoms with Crippen molar-refractivity contribution >= 4 is 23.5 Å². The Balaban J connectivity index is 1.97. The van der Waals surface area contributed by atoms with E-state index in [2.05, 4.69) is 0 Å². The van der Waals surface area contributed by atoms with Crippen LogP contribution < -0.4 is 4.90 Å². The maximum atomic E-state index is 12.5. The molecule has 0 unspecified atom stereocenters. The van der Waals surface area contributed by atoms with E-state index in [0.29, 0.717) is 5.69 Å². The van der Waals surface area contributed by atoms with Crippen molar-refractivity contribution in [3.05, 3.63) is 66.2 Å². The van der Waals surface area contributed by atoms with Gasteiger partial charge in [-0.2, -0.15) is 0 Å². The van der Waals surface area contributed by atoms with Crippen molar-refractivity contribution in [3.63, 3.8) is 0 Å². The highest BCUT2D eigenvalue weighted by Gasteiger charge is 2.21. The van der Waals surface area contributed by atoms with E-state index in [-0.39, 0.29) is 19.6 Å². The largest absolute Gasteiger partial charge is 0.465 e. The minimum atomic E-state index is -0.527. The summed E-state index contributed by atoms with van der Waals surface area (Å²) in [7, 11) is 0. The quantitative estimate of drug-likeness (QED) is 0.680. The molecule has 6 nitrogen and oxygen atoms in total. The molecule has 0 saturated carbocycles. The molecular weight excluding hydrogens is 334 g/mol. The molecule has 2 aromatic rings. The molecule has 0 saturated heterocycles. The highest BCUT2D eigenvalue weighted by molar-refractivity contribution is 5.99. The smallest absolute Gasteiger partial charge is 0.326 e. The van der Waals surface area contributed by atoms with E-state index in [0.717, 1.165) is 5.56 Å². The fraction of sp³-hybridized carbons (Fsp3) is 0.250. The monoisotopic (exact) mass is 355 g/mol. The molecule has 0 heterocycles. The van der Waals surface area contributed by atoms with Crippen LogP contribution in [-0.4, -0.2) is 37.6 Å². The van der Waals surface area contributed by atoms with Gasteiger partial charge in [-0.15, -0.1) is 0 Å². The minimum absolute atomic E-state index is 0.0807. The summed E-state index contributed by atoms with van der Waals surface area (Å²) in [6.07, 6.45) is 0.0807. The van der Waals surface area contributed by atoms with Gasteiger partial charge in [-0.3, -0.25) is 19.3 Å². The predicted molar refractivity (Wildman–Crippen MR) is 96.5 cm³/mol. The van der Waals surface area contributed by atoms with E-state index < -0.39 is 24.5 Å². The van der Waals surface area contributed by atoms with Gasteiger partial charge in [0.1, 0.15) is 6.54 Å². The number of amides is 1. The van der Waals surface area contributed by atoms with Crippen LogP contribution in [0.2, 0.25) is 0 Å². The third kappa shape index (κ3) is 6.05. The Hall–Kier alpha value is -3.15. The lowest BCUT2D eigenvalue weighted by atomic mass is 10.2. The predicted octanol–water partition coefficient (Wildman–Crippen LogP) is 2.37. The van der Waals surface area contributed by atoms with Crippen molar-refractivity contribution in [2.24, 2.45) is 0 Å². The number of carbonyl (C=O) groups excluding carboxylic acids is 3. The van der Waals surface area contributed by atoms with Crippen LogP contribution in [0.15, 0.2) is 60.7 Å². The number of hydrogen-bond acceptors (Lipinski definition) is 5. The first-order valence-electron chi connectivity index (χ1n) is 8.30. The van der Waals surface area contributed by atoms with Gasteiger partial charge in [0.15, 0.2) is 6.61 Å². The lowest BCUT2D eigenvalue weighted by Crippen LogP contribution is -2.39. The summed E-state index contributed by atoms with van der Waals surface area (Å²) < 4.78 is 9.98. The summed E-state index contributed by atoms with van der Waals surface area (Å²) in [5.74, 6) is -1.53. The number of anilines is 1. The number of nitrogens with zero attached hydrogens (tertiary/aromatic N) is 1. The molecule has 26 heavy (non-hydrogen) atoms. The Morgan fingerprint density at radius 1 is 0.846 bits per heavy atom. The molecule has 0 aliphatic carbocycles. The third-order valence-corrected chi connectivity index (χ3v) is 3.51. The van der Waals surface area contributed by atoms with Crippen molar-refractivity contribution < 1.29 is 23.9 Å². The third-order valence-electron chi connectivity index (χ3n) is 3.51. The average molecular weight is 355 g/mol. The summed E-state index contributed by atoms with van der Waals surface area (Å²) in [5, 5.41) is 0. The van der Waals surface area contributed by atoms with Gasteiger partial charge in [0.2, 0.25) is 0 Å². The zero-order valence-corrected chi connectivity index (χ0v) is 14.6. The van der Waals surface area contributed by atoms with Crippen LogP contribution in [-0.2, 0) is 30.3 Å². The topological polar surface area (TPSA) is 72.9 Å². The fourth-order valence-electron chi connectivity index (χ4n) is 2.30. The SMILES string of the molecule is CCOC(=O)CN(C(=O)COC(=O)Cc1ccccc1)c1ccccc1. The van der Waals surface area contributed by atoms with E-state index in [1.54, 1.807) is 49.4 Å². The van der Waals surface area contributed by atoms with Crippen molar-refractivity contribution in [2.75, 3.05) is 24.7 Å². The van der Waals surface area contributed by atoms with E-state index >= 15 is 0 Å². The summed E-state index contributed by atoms with van der Waals surface area (Å²) in [5.41, 5.74) is 1.33. The van der Waals surface area contributed by atoms with Crippen LogP contribution in [0.25, 0.3) is 0 Å². The number of carbonyl (C=O) groups is 3. The Kier molecular flexibility index (Phi) is 7.36. The molecule has 0 N–H and O–H groups in total. The lowest BCUT2D eigenvalue weighted by Gasteiger charge is -2.21. The molecule has 0 aliphatic heterocycles. The zero-order chi connectivity index (χ0) is 18.8. The van der Waals surface area contributed by atoms with E-state index in [4.69, 9.17) is 9.47 Å². The van der Waals surface area contributed by atoms with Gasteiger partial charge < -0.3 is 9.47 Å². The second-order valence-corrected chi connectivity index (χ2v) is 5.44. The van der Waals surface area contributed by atoms with Crippen molar-refractivity contribution in [3.8, 4) is 0 Å². The normalized spacial score (nSPS) is 10.0. The van der Waals surface area contributed by atoms with E-state index in [9.17, 15) is 14.4 Å². The number of rotatable bonds is 8. The van der Waals surface area contributed by atoms with Crippen LogP contribution in [0, 0.1) is 0 Å². The van der Waals surface area contributed by atoms with Crippen LogP contribution in [0.1, 0.15) is 12.5 Å². The van der Waals surface area contributed by atoms with E-state index in [1.807, 2.05) is 18.2 Å². The maximum absolute atomic E-state index is 12.5. The van der Waals surface area contributed by atoms with Crippen molar-refractivity contribution in [2.45, 2.75) is 13.3 Å². The molecule has 0 atom stereocenters. The summed E-state index contributed by atoms with van der Waals surface area (Å²) >= 11 is 0. The molecule has 1 amide bonds. The Bertz CT molecular complexity index is 730. The number of benzene rings is 2. The lowest BCUT2D eigenvalue weighted by molar-refractivity contribution is -0.147. The van der Waals surface area contributed by atoms with Gasteiger partial charge in [-0.1, -0.05) is 48.5 Å². The molecule has 136 valence electrons. The summed E-state index contributed by atoms with van der Waals surface area (Å²) in [6, 6.07) is 17.8. The average Bonchev–Trinajstić information content (AvgIpc) is 2.66. The van der Waals surface area contributed by atoms with Crippen molar-refractivity contribution in [1.29, 1.82) is 0 Å². The molecule has 6 heteroatoms. The summed E-state index contributed by atoms with van der Waals surface area (Å²) in [6.45, 7) is 1.23. The molecule has 0 bridgehead atoms. The number of ether oxygens (including phenoxy) is 2. The van der Waals surface area contributed by atoms with Gasteiger partial charge >= 0.3 is 11.9 Å². The van der Waals surface area contributed by atoms with Crippen molar-refractivity contribution in [1.82, 2.24) is 0 Å². The molecule has 2 rings (SSSR count). The maximum Gasteiger partial charge on any atom is 0.326 e. The Labute approximate surface area is 152 Å². The minimum Gasteiger partial charge on any atom is -0.465 e. The molecule has 0 spiro atoms.